The second kappa shape index (κ2) is 9.22. The van der Waals surface area contributed by atoms with Gasteiger partial charge in [0, 0.05) is 6.92 Å². The van der Waals surface area contributed by atoms with Crippen molar-refractivity contribution in [1.82, 2.24) is 5.32 Å². The summed E-state index contributed by atoms with van der Waals surface area (Å²) in [6, 6.07) is 6.32. The van der Waals surface area contributed by atoms with Crippen LogP contribution in [0, 0.1) is 6.92 Å². The number of amides is 1. The number of esters is 2. The third-order valence-electron chi connectivity index (χ3n) is 3.21. The fourth-order valence-electron chi connectivity index (χ4n) is 2.18. The van der Waals surface area contributed by atoms with E-state index < -0.39 is 35.8 Å². The Balaban J connectivity index is 2.80. The molecule has 1 rings (SSSR count). The second-order valence-electron chi connectivity index (χ2n) is 7.04. The van der Waals surface area contributed by atoms with E-state index in [1.807, 2.05) is 31.2 Å². The van der Waals surface area contributed by atoms with Gasteiger partial charge in [0.25, 0.3) is 0 Å². The lowest BCUT2D eigenvalue weighted by molar-refractivity contribution is -0.157. The number of alkyl carbamates (subject to hydrolysis) is 1. The molecule has 7 heteroatoms. The van der Waals surface area contributed by atoms with Crippen LogP contribution in [-0.2, 0) is 30.4 Å². The van der Waals surface area contributed by atoms with E-state index in [9.17, 15) is 14.4 Å². The SMILES string of the molecule is CC(=O)OC(C)C(NC(=O)OC(C)(C)C)C(=O)OCc1cccc(C)c1. The molecule has 0 heterocycles. The monoisotopic (exact) mass is 365 g/mol. The van der Waals surface area contributed by atoms with Crippen molar-refractivity contribution < 1.29 is 28.6 Å². The van der Waals surface area contributed by atoms with E-state index in [2.05, 4.69) is 5.32 Å². The first-order chi connectivity index (χ1) is 12.0. The lowest BCUT2D eigenvalue weighted by Crippen LogP contribution is -2.51. The summed E-state index contributed by atoms with van der Waals surface area (Å²) >= 11 is 0. The van der Waals surface area contributed by atoms with Crippen molar-refractivity contribution in [3.05, 3.63) is 35.4 Å². The van der Waals surface area contributed by atoms with Crippen LogP contribution in [0.1, 0.15) is 45.7 Å². The molecule has 0 saturated carbocycles. The Morgan fingerprint density at radius 3 is 2.38 bits per heavy atom. The maximum Gasteiger partial charge on any atom is 0.408 e. The number of nitrogens with one attached hydrogen (secondary N) is 1. The molecular formula is C19H27NO6. The molecule has 0 spiro atoms. The molecule has 144 valence electrons. The van der Waals surface area contributed by atoms with Gasteiger partial charge in [0.2, 0.25) is 0 Å². The first-order valence-corrected chi connectivity index (χ1v) is 8.37. The quantitative estimate of drug-likeness (QED) is 0.616. The molecule has 1 aromatic carbocycles. The van der Waals surface area contributed by atoms with E-state index in [1.165, 1.54) is 13.8 Å². The van der Waals surface area contributed by atoms with Gasteiger partial charge in [-0.05, 0) is 40.2 Å². The lowest BCUT2D eigenvalue weighted by atomic mass is 10.1. The van der Waals surface area contributed by atoms with E-state index in [0.29, 0.717) is 0 Å². The van der Waals surface area contributed by atoms with Crippen molar-refractivity contribution in [3.63, 3.8) is 0 Å². The standard InChI is InChI=1S/C19H27NO6/c1-12-8-7-9-15(10-12)11-24-17(22)16(13(2)25-14(3)21)20-18(23)26-19(4,5)6/h7-10,13,16H,11H2,1-6H3,(H,20,23). The van der Waals surface area contributed by atoms with Gasteiger partial charge in [0.15, 0.2) is 6.04 Å². The van der Waals surface area contributed by atoms with Crippen molar-refractivity contribution in [2.24, 2.45) is 0 Å². The molecule has 26 heavy (non-hydrogen) atoms. The Labute approximate surface area is 154 Å². The molecule has 0 saturated heterocycles. The number of rotatable bonds is 6. The molecule has 2 atom stereocenters. The van der Waals surface area contributed by atoms with Crippen molar-refractivity contribution in [3.8, 4) is 0 Å². The fourth-order valence-corrected chi connectivity index (χ4v) is 2.18. The number of carbonyl (C=O) groups excluding carboxylic acids is 3. The summed E-state index contributed by atoms with van der Waals surface area (Å²) in [4.78, 5) is 35.6. The predicted molar refractivity (Wildman–Crippen MR) is 95.4 cm³/mol. The maximum atomic E-state index is 12.4. The Morgan fingerprint density at radius 1 is 1.19 bits per heavy atom. The summed E-state index contributed by atoms with van der Waals surface area (Å²) in [6.45, 7) is 9.80. The summed E-state index contributed by atoms with van der Waals surface area (Å²) < 4.78 is 15.5. The number of carbonyl (C=O) groups is 3. The first kappa shape index (κ1) is 21.5. The van der Waals surface area contributed by atoms with Crippen LogP contribution in [0.3, 0.4) is 0 Å². The second-order valence-corrected chi connectivity index (χ2v) is 7.04. The van der Waals surface area contributed by atoms with Crippen molar-refractivity contribution in [1.29, 1.82) is 0 Å². The molecule has 2 unspecified atom stereocenters. The number of aryl methyl sites for hydroxylation is 1. The largest absolute Gasteiger partial charge is 0.460 e. The van der Waals surface area contributed by atoms with Crippen LogP contribution in [-0.4, -0.2) is 35.8 Å². The Bertz CT molecular complexity index is 650. The molecule has 1 aromatic rings. The average Bonchev–Trinajstić information content (AvgIpc) is 2.48. The Morgan fingerprint density at radius 2 is 1.85 bits per heavy atom. The molecule has 0 aliphatic rings. The molecule has 0 fully saturated rings. The third kappa shape index (κ3) is 8.00. The summed E-state index contributed by atoms with van der Waals surface area (Å²) in [5.41, 5.74) is 1.12. The van der Waals surface area contributed by atoms with Crippen LogP contribution < -0.4 is 5.32 Å². The molecule has 0 bridgehead atoms. The van der Waals surface area contributed by atoms with Crippen LogP contribution in [0.2, 0.25) is 0 Å². The number of ether oxygens (including phenoxy) is 3. The molecule has 0 aliphatic heterocycles. The topological polar surface area (TPSA) is 90.9 Å². The summed E-state index contributed by atoms with van der Waals surface area (Å²) in [5, 5.41) is 2.41. The average molecular weight is 365 g/mol. The van der Waals surface area contributed by atoms with E-state index >= 15 is 0 Å². The molecule has 1 amide bonds. The third-order valence-corrected chi connectivity index (χ3v) is 3.21. The maximum absolute atomic E-state index is 12.4. The van der Waals surface area contributed by atoms with Gasteiger partial charge in [-0.3, -0.25) is 4.79 Å². The van der Waals surface area contributed by atoms with Gasteiger partial charge in [-0.2, -0.15) is 0 Å². The molecule has 0 radical (unpaired) electrons. The fraction of sp³-hybridized carbons (Fsp3) is 0.526. The summed E-state index contributed by atoms with van der Waals surface area (Å²) in [6.07, 6.45) is -1.71. The van der Waals surface area contributed by atoms with E-state index in [0.717, 1.165) is 11.1 Å². The van der Waals surface area contributed by atoms with Gasteiger partial charge >= 0.3 is 18.0 Å². The number of hydrogen-bond acceptors (Lipinski definition) is 6. The highest BCUT2D eigenvalue weighted by Crippen LogP contribution is 2.11. The van der Waals surface area contributed by atoms with Gasteiger partial charge in [0.1, 0.15) is 18.3 Å². The Hall–Kier alpha value is -2.57. The number of hydrogen-bond donors (Lipinski definition) is 1. The van der Waals surface area contributed by atoms with Crippen molar-refractivity contribution >= 4 is 18.0 Å². The smallest absolute Gasteiger partial charge is 0.408 e. The number of benzene rings is 1. The molecule has 0 aliphatic carbocycles. The highest BCUT2D eigenvalue weighted by Gasteiger charge is 2.32. The van der Waals surface area contributed by atoms with Crippen LogP contribution in [0.4, 0.5) is 4.79 Å². The lowest BCUT2D eigenvalue weighted by Gasteiger charge is -2.25. The van der Waals surface area contributed by atoms with E-state index in [-0.39, 0.29) is 6.61 Å². The molecule has 0 aromatic heterocycles. The van der Waals surface area contributed by atoms with Gasteiger partial charge in [-0.1, -0.05) is 29.8 Å². The van der Waals surface area contributed by atoms with Gasteiger partial charge in [-0.15, -0.1) is 0 Å². The summed E-state index contributed by atoms with van der Waals surface area (Å²) in [5.74, 6) is -1.29. The van der Waals surface area contributed by atoms with Crippen molar-refractivity contribution in [2.45, 2.75) is 65.9 Å². The van der Waals surface area contributed by atoms with Gasteiger partial charge in [-0.25, -0.2) is 9.59 Å². The minimum absolute atomic E-state index is 0.0415. The highest BCUT2D eigenvalue weighted by molar-refractivity contribution is 5.82. The van der Waals surface area contributed by atoms with Crippen LogP contribution in [0.15, 0.2) is 24.3 Å². The highest BCUT2D eigenvalue weighted by atomic mass is 16.6. The minimum atomic E-state index is -1.18. The molecule has 1 N–H and O–H groups in total. The predicted octanol–water partition coefficient (Wildman–Crippen LogP) is 2.88. The zero-order valence-corrected chi connectivity index (χ0v) is 16.1. The van der Waals surface area contributed by atoms with E-state index in [1.54, 1.807) is 20.8 Å². The molecular weight excluding hydrogens is 338 g/mol. The van der Waals surface area contributed by atoms with Crippen LogP contribution in [0.5, 0.6) is 0 Å². The summed E-state index contributed by atoms with van der Waals surface area (Å²) in [7, 11) is 0. The van der Waals surface area contributed by atoms with Gasteiger partial charge < -0.3 is 19.5 Å². The zero-order chi connectivity index (χ0) is 19.9. The van der Waals surface area contributed by atoms with Gasteiger partial charge in [0.05, 0.1) is 0 Å². The Kier molecular flexibility index (Phi) is 7.61. The van der Waals surface area contributed by atoms with Crippen molar-refractivity contribution in [2.75, 3.05) is 0 Å². The zero-order valence-electron chi connectivity index (χ0n) is 16.1. The van der Waals surface area contributed by atoms with E-state index in [4.69, 9.17) is 14.2 Å². The normalized spacial score (nSPS) is 13.3. The van der Waals surface area contributed by atoms with Crippen LogP contribution in [0.25, 0.3) is 0 Å². The minimum Gasteiger partial charge on any atom is -0.460 e. The molecule has 7 nitrogen and oxygen atoms in total. The first-order valence-electron chi connectivity index (χ1n) is 8.37. The van der Waals surface area contributed by atoms with Crippen LogP contribution >= 0.6 is 0 Å².